The maximum atomic E-state index is 13.2. The molecule has 0 aliphatic carbocycles. The first-order valence-electron chi connectivity index (χ1n) is 13.4. The zero-order valence-electron chi connectivity index (χ0n) is 22.9. The van der Waals surface area contributed by atoms with Crippen molar-refractivity contribution in [3.05, 3.63) is 58.7 Å². The molecule has 2 aromatic rings. The fourth-order valence-electron chi connectivity index (χ4n) is 6.00. The number of morpholine rings is 1. The number of benzene rings is 2. The average molecular weight is 509 g/mol. The molecule has 1 atom stereocenters. The normalized spacial score (nSPS) is 20.8. The minimum atomic E-state index is -0.660. The second-order valence-corrected chi connectivity index (χ2v) is 11.5. The van der Waals surface area contributed by atoms with Crippen LogP contribution in [0.25, 0.3) is 0 Å². The van der Waals surface area contributed by atoms with Crippen molar-refractivity contribution in [1.29, 1.82) is 0 Å². The largest absolute Gasteiger partial charge is 0.501 e. The van der Waals surface area contributed by atoms with Crippen LogP contribution in [0.4, 0.5) is 0 Å². The number of imide groups is 1. The Labute approximate surface area is 228 Å². The SMILES string of the molecule is Bc1cc(C(B)(B)Oc2cccc3c2CN(C2CCC(=O)NC2=O)C3=O)ccc1C(B)(B)N1CCOCC1. The van der Waals surface area contributed by atoms with E-state index in [0.29, 0.717) is 17.7 Å². The van der Waals surface area contributed by atoms with Gasteiger partial charge in [-0.3, -0.25) is 19.7 Å². The first-order valence-corrected chi connectivity index (χ1v) is 13.4. The lowest BCUT2D eigenvalue weighted by atomic mass is 9.53. The van der Waals surface area contributed by atoms with Gasteiger partial charge in [0.25, 0.3) is 5.91 Å². The molecule has 3 heterocycles. The highest BCUT2D eigenvalue weighted by atomic mass is 16.5. The Morgan fingerprint density at radius 2 is 1.76 bits per heavy atom. The Morgan fingerprint density at radius 3 is 2.45 bits per heavy atom. The molecule has 3 aliphatic heterocycles. The lowest BCUT2D eigenvalue weighted by Crippen LogP contribution is -2.54. The van der Waals surface area contributed by atoms with Crippen molar-refractivity contribution < 1.29 is 23.9 Å². The Morgan fingerprint density at radius 1 is 1.03 bits per heavy atom. The van der Waals surface area contributed by atoms with E-state index in [1.165, 1.54) is 11.0 Å². The Bertz CT molecular complexity index is 1300. The summed E-state index contributed by atoms with van der Waals surface area (Å²) in [6, 6.07) is 11.3. The molecule has 3 amide bonds. The van der Waals surface area contributed by atoms with Crippen LogP contribution in [0, 0.1) is 0 Å². The van der Waals surface area contributed by atoms with Gasteiger partial charge in [-0.25, -0.2) is 0 Å². The summed E-state index contributed by atoms with van der Waals surface area (Å²) in [5, 5.41) is 1.58. The number of piperidine rings is 1. The van der Waals surface area contributed by atoms with Crippen molar-refractivity contribution in [1.82, 2.24) is 15.1 Å². The lowest BCUT2D eigenvalue weighted by Gasteiger charge is -2.43. The number of hydrogen-bond acceptors (Lipinski definition) is 6. The summed E-state index contributed by atoms with van der Waals surface area (Å²) in [5.74, 6) is -0.286. The predicted octanol–water partition coefficient (Wildman–Crippen LogP) is -4.13. The van der Waals surface area contributed by atoms with Crippen LogP contribution in [0.1, 0.15) is 39.9 Å². The molecule has 13 heteroatoms. The van der Waals surface area contributed by atoms with E-state index < -0.39 is 17.3 Å². The summed E-state index contributed by atoms with van der Waals surface area (Å²) in [4.78, 5) is 41.3. The zero-order valence-corrected chi connectivity index (χ0v) is 22.9. The number of rotatable bonds is 6. The van der Waals surface area contributed by atoms with E-state index in [1.54, 1.807) is 11.0 Å². The molecule has 2 fully saturated rings. The second-order valence-electron chi connectivity index (χ2n) is 11.5. The quantitative estimate of drug-likeness (QED) is 0.315. The number of carbonyl (C=O) groups is 3. The molecule has 2 aromatic carbocycles. The maximum Gasteiger partial charge on any atom is 0.255 e. The highest BCUT2D eigenvalue weighted by molar-refractivity contribution is 6.44. The van der Waals surface area contributed by atoms with E-state index in [9.17, 15) is 14.4 Å². The number of amides is 3. The third-order valence-corrected chi connectivity index (χ3v) is 8.29. The Hall–Kier alpha value is -2.91. The first kappa shape index (κ1) is 26.7. The van der Waals surface area contributed by atoms with Crippen LogP contribution in [0.15, 0.2) is 36.4 Å². The number of fused-ring (bicyclic) bond motifs is 1. The molecule has 0 saturated carbocycles. The molecule has 38 heavy (non-hydrogen) atoms. The van der Waals surface area contributed by atoms with Crippen molar-refractivity contribution in [2.45, 2.75) is 36.2 Å². The highest BCUT2D eigenvalue weighted by Crippen LogP contribution is 2.36. The van der Waals surface area contributed by atoms with Gasteiger partial charge in [-0.05, 0) is 29.5 Å². The van der Waals surface area contributed by atoms with Crippen LogP contribution in [0.2, 0.25) is 0 Å². The Kier molecular flexibility index (Phi) is 7.03. The smallest absolute Gasteiger partial charge is 0.255 e. The van der Waals surface area contributed by atoms with E-state index >= 15 is 0 Å². The van der Waals surface area contributed by atoms with E-state index in [4.69, 9.17) is 9.47 Å². The monoisotopic (exact) mass is 509 g/mol. The van der Waals surface area contributed by atoms with Crippen molar-refractivity contribution in [3.8, 4) is 5.75 Å². The molecule has 0 aromatic heterocycles. The van der Waals surface area contributed by atoms with E-state index in [0.717, 1.165) is 37.4 Å². The summed E-state index contributed by atoms with van der Waals surface area (Å²) in [5.41, 5.74) is 4.84. The van der Waals surface area contributed by atoms with E-state index in [1.807, 2.05) is 27.8 Å². The predicted molar refractivity (Wildman–Crippen MR) is 158 cm³/mol. The van der Waals surface area contributed by atoms with Gasteiger partial charge >= 0.3 is 0 Å². The van der Waals surface area contributed by atoms with Crippen molar-refractivity contribution >= 4 is 62.4 Å². The number of nitrogens with one attached hydrogen (secondary N) is 1. The molecule has 2 saturated heterocycles. The lowest BCUT2D eigenvalue weighted by molar-refractivity contribution is -0.136. The minimum Gasteiger partial charge on any atom is -0.501 e. The van der Waals surface area contributed by atoms with Gasteiger partial charge in [0.15, 0.2) is 15.7 Å². The van der Waals surface area contributed by atoms with Crippen LogP contribution in [-0.4, -0.2) is 99.1 Å². The average Bonchev–Trinajstić information content (AvgIpc) is 3.21. The first-order chi connectivity index (χ1) is 18.0. The van der Waals surface area contributed by atoms with Gasteiger partial charge in [-0.2, -0.15) is 0 Å². The van der Waals surface area contributed by atoms with Gasteiger partial charge in [-0.15, -0.1) is 0 Å². The third kappa shape index (κ3) is 4.82. The molecule has 1 N–H and O–H groups in total. The summed E-state index contributed by atoms with van der Waals surface area (Å²) in [6.45, 7) is 3.62. The topological polar surface area (TPSA) is 88.2 Å². The van der Waals surface area contributed by atoms with Crippen LogP contribution in [0.3, 0.4) is 0 Å². The third-order valence-electron chi connectivity index (χ3n) is 8.29. The van der Waals surface area contributed by atoms with Gasteiger partial charge < -0.3 is 19.3 Å². The standard InChI is InChI=1S/C25H32B5N3O5/c26-18-12-14(4-5-17(18)24(27,28)32-8-10-37-11-9-32)25(29,30)38-20-3-1-2-15-16(20)13-33(23(15)36)19-6-7-21(34)31-22(19)35/h1-5,12,19H,6-11,13,26-30H2,(H,31,34,35). The van der Waals surface area contributed by atoms with Crippen LogP contribution in [-0.2, 0) is 31.6 Å². The van der Waals surface area contributed by atoms with E-state index in [2.05, 4.69) is 52.0 Å². The molecule has 0 spiro atoms. The summed E-state index contributed by atoms with van der Waals surface area (Å²) < 4.78 is 12.1. The minimum absolute atomic E-state index is 0.114. The zero-order chi connectivity index (χ0) is 27.2. The molecule has 8 nitrogen and oxygen atoms in total. The molecule has 5 rings (SSSR count). The van der Waals surface area contributed by atoms with Crippen molar-refractivity contribution in [3.63, 3.8) is 0 Å². The van der Waals surface area contributed by atoms with Gasteiger partial charge in [0.2, 0.25) is 11.8 Å². The highest BCUT2D eigenvalue weighted by Gasteiger charge is 2.41. The van der Waals surface area contributed by atoms with Gasteiger partial charge in [0, 0.05) is 30.6 Å². The van der Waals surface area contributed by atoms with Gasteiger partial charge in [-0.1, -0.05) is 35.3 Å². The molecule has 1 unspecified atom stereocenters. The molecule has 192 valence electrons. The summed E-state index contributed by atoms with van der Waals surface area (Å²) in [7, 11) is 10.7. The van der Waals surface area contributed by atoms with Crippen LogP contribution in [0.5, 0.6) is 5.75 Å². The fraction of sp³-hybridized carbons (Fsp3) is 0.400. The Balaban J connectivity index is 1.37. The van der Waals surface area contributed by atoms with Gasteiger partial charge in [0.1, 0.15) is 35.3 Å². The van der Waals surface area contributed by atoms with Gasteiger partial charge in [0.05, 0.1) is 25.2 Å². The maximum absolute atomic E-state index is 13.2. The van der Waals surface area contributed by atoms with Crippen LogP contribution >= 0.6 is 0 Å². The van der Waals surface area contributed by atoms with Crippen molar-refractivity contribution in [2.24, 2.45) is 0 Å². The number of nitrogens with zero attached hydrogens (tertiary/aromatic N) is 2. The summed E-state index contributed by atoms with van der Waals surface area (Å²) in [6.07, 6.45) is 0.559. The molecular weight excluding hydrogens is 476 g/mol. The molecule has 3 aliphatic rings. The van der Waals surface area contributed by atoms with Crippen LogP contribution < -0.4 is 15.5 Å². The number of carbonyl (C=O) groups excluding carboxylic acids is 3. The fourth-order valence-corrected chi connectivity index (χ4v) is 6.00. The number of hydrogen-bond donors (Lipinski definition) is 1. The summed E-state index contributed by atoms with van der Waals surface area (Å²) >= 11 is 0. The van der Waals surface area contributed by atoms with E-state index in [-0.39, 0.29) is 30.1 Å². The van der Waals surface area contributed by atoms with Crippen molar-refractivity contribution in [2.75, 3.05) is 26.3 Å². The second kappa shape index (κ2) is 10.0. The molecular formula is C25H32B5N3O5. The molecule has 0 bridgehead atoms. The molecule has 0 radical (unpaired) electrons. The number of ether oxygens (including phenoxy) is 2.